The van der Waals surface area contributed by atoms with E-state index in [1.54, 1.807) is 0 Å². The number of nitrogens with zero attached hydrogens (tertiary/aromatic N) is 2. The highest BCUT2D eigenvalue weighted by Crippen LogP contribution is 2.36. The van der Waals surface area contributed by atoms with Crippen LogP contribution in [0.2, 0.25) is 0 Å². The minimum Gasteiger partial charge on any atom is -0.395 e. The summed E-state index contributed by atoms with van der Waals surface area (Å²) in [5.41, 5.74) is -0.821. The predicted octanol–water partition coefficient (Wildman–Crippen LogP) is 2.29. The van der Waals surface area contributed by atoms with Gasteiger partial charge in [0, 0.05) is 24.3 Å². The molecule has 0 atom stereocenters. The number of hydrogen-bond acceptors (Lipinski definition) is 3. The van der Waals surface area contributed by atoms with E-state index in [1.165, 1.54) is 18.1 Å². The van der Waals surface area contributed by atoms with Crippen molar-refractivity contribution in [2.75, 3.05) is 25.1 Å². The predicted molar refractivity (Wildman–Crippen MR) is 57.3 cm³/mol. The Morgan fingerprint density at radius 3 is 2.62 bits per heavy atom. The molecule has 0 fully saturated rings. The second-order valence-corrected chi connectivity index (χ2v) is 4.08. The zero-order valence-electron chi connectivity index (χ0n) is 8.42. The van der Waals surface area contributed by atoms with E-state index in [0.717, 1.165) is 6.07 Å². The lowest BCUT2D eigenvalue weighted by molar-refractivity contribution is -0.137. The molecule has 0 saturated heterocycles. The number of aliphatic hydroxyl groups is 1. The first-order valence-corrected chi connectivity index (χ1v) is 5.20. The molecule has 1 rings (SSSR count). The lowest BCUT2D eigenvalue weighted by atomic mass is 10.2. The summed E-state index contributed by atoms with van der Waals surface area (Å²) >= 11 is 2.95. The molecule has 0 aliphatic rings. The molecule has 0 aliphatic heterocycles. The molecule has 1 heterocycles. The van der Waals surface area contributed by atoms with Gasteiger partial charge in [-0.3, -0.25) is 0 Å². The molecule has 0 radical (unpaired) electrons. The van der Waals surface area contributed by atoms with Gasteiger partial charge in [-0.25, -0.2) is 4.98 Å². The van der Waals surface area contributed by atoms with Crippen molar-refractivity contribution in [1.29, 1.82) is 0 Å². The first-order chi connectivity index (χ1) is 7.36. The first kappa shape index (κ1) is 13.2. The van der Waals surface area contributed by atoms with E-state index in [0.29, 0.717) is 0 Å². The van der Waals surface area contributed by atoms with Crippen LogP contribution in [0.15, 0.2) is 16.7 Å². The molecule has 0 saturated carbocycles. The summed E-state index contributed by atoms with van der Waals surface area (Å²) < 4.78 is 38.3. The molecule has 0 bridgehead atoms. The summed E-state index contributed by atoms with van der Waals surface area (Å²) in [5.74, 6) is -0.190. The lowest BCUT2D eigenvalue weighted by Gasteiger charge is -2.21. The topological polar surface area (TPSA) is 36.4 Å². The quantitative estimate of drug-likeness (QED) is 0.930. The highest BCUT2D eigenvalue weighted by Gasteiger charge is 2.35. The fourth-order valence-electron chi connectivity index (χ4n) is 1.20. The number of hydrogen-bond donors (Lipinski definition) is 1. The number of alkyl halides is 3. The van der Waals surface area contributed by atoms with Crippen LogP contribution < -0.4 is 4.90 Å². The number of likely N-dealkylation sites (N-methyl/N-ethyl adjacent to an activating group) is 1. The highest BCUT2D eigenvalue weighted by molar-refractivity contribution is 9.10. The van der Waals surface area contributed by atoms with Gasteiger partial charge in [0.05, 0.1) is 12.2 Å². The van der Waals surface area contributed by atoms with Gasteiger partial charge >= 0.3 is 6.18 Å². The maximum Gasteiger partial charge on any atom is 0.419 e. The zero-order chi connectivity index (χ0) is 12.3. The van der Waals surface area contributed by atoms with Gasteiger partial charge in [-0.1, -0.05) is 0 Å². The van der Waals surface area contributed by atoms with Crippen molar-refractivity contribution in [2.45, 2.75) is 6.18 Å². The minimum atomic E-state index is -4.46. The number of pyridine rings is 1. The highest BCUT2D eigenvalue weighted by atomic mass is 79.9. The average Bonchev–Trinajstić information content (AvgIpc) is 2.16. The Hall–Kier alpha value is -0.820. The Bertz CT molecular complexity index is 370. The molecule has 3 nitrogen and oxygen atoms in total. The largest absolute Gasteiger partial charge is 0.419 e. The number of aromatic nitrogens is 1. The summed E-state index contributed by atoms with van der Waals surface area (Å²) in [6.07, 6.45) is -3.17. The van der Waals surface area contributed by atoms with Crippen LogP contribution >= 0.6 is 15.9 Å². The smallest absolute Gasteiger partial charge is 0.395 e. The van der Waals surface area contributed by atoms with Crippen LogP contribution in [0, 0.1) is 0 Å². The van der Waals surface area contributed by atoms with Crippen LogP contribution in [0.4, 0.5) is 19.0 Å². The number of aliphatic hydroxyl groups excluding tert-OH is 1. The first-order valence-electron chi connectivity index (χ1n) is 4.41. The number of rotatable bonds is 3. The van der Waals surface area contributed by atoms with E-state index in [9.17, 15) is 13.2 Å². The Labute approximate surface area is 99.0 Å². The monoisotopic (exact) mass is 298 g/mol. The van der Waals surface area contributed by atoms with Crippen LogP contribution in [-0.2, 0) is 6.18 Å². The van der Waals surface area contributed by atoms with Crippen LogP contribution in [0.1, 0.15) is 5.56 Å². The Kier molecular flexibility index (Phi) is 4.15. The fourth-order valence-corrected chi connectivity index (χ4v) is 1.53. The SMILES string of the molecule is CN(CCO)c1ncc(Br)cc1C(F)(F)F. The van der Waals surface area contributed by atoms with Crippen molar-refractivity contribution in [3.63, 3.8) is 0 Å². The van der Waals surface area contributed by atoms with Crippen molar-refractivity contribution in [3.8, 4) is 0 Å². The molecular weight excluding hydrogens is 289 g/mol. The molecule has 16 heavy (non-hydrogen) atoms. The molecule has 7 heteroatoms. The summed E-state index contributed by atoms with van der Waals surface area (Å²) in [4.78, 5) is 4.97. The van der Waals surface area contributed by atoms with Gasteiger partial charge < -0.3 is 10.0 Å². The molecule has 0 spiro atoms. The molecule has 0 aromatic carbocycles. The van der Waals surface area contributed by atoms with Crippen molar-refractivity contribution in [2.24, 2.45) is 0 Å². The summed E-state index contributed by atoms with van der Waals surface area (Å²) in [6, 6.07) is 0.968. The van der Waals surface area contributed by atoms with Crippen LogP contribution in [-0.4, -0.2) is 30.3 Å². The van der Waals surface area contributed by atoms with Gasteiger partial charge in [-0.15, -0.1) is 0 Å². The minimum absolute atomic E-state index is 0.0950. The second-order valence-electron chi connectivity index (χ2n) is 3.17. The van der Waals surface area contributed by atoms with Crippen LogP contribution in [0.5, 0.6) is 0 Å². The Balaban J connectivity index is 3.18. The third-order valence-electron chi connectivity index (χ3n) is 1.94. The van der Waals surface area contributed by atoms with Gasteiger partial charge in [0.2, 0.25) is 0 Å². The lowest BCUT2D eigenvalue weighted by Crippen LogP contribution is -2.25. The molecule has 0 aliphatic carbocycles. The van der Waals surface area contributed by atoms with E-state index in [1.807, 2.05) is 0 Å². The van der Waals surface area contributed by atoms with Gasteiger partial charge in [0.15, 0.2) is 0 Å². The molecule has 1 N–H and O–H groups in total. The molecule has 90 valence electrons. The molecule has 0 unspecified atom stereocenters. The van der Waals surface area contributed by atoms with E-state index < -0.39 is 11.7 Å². The summed E-state index contributed by atoms with van der Waals surface area (Å²) in [7, 11) is 1.45. The van der Waals surface area contributed by atoms with E-state index >= 15 is 0 Å². The van der Waals surface area contributed by atoms with Gasteiger partial charge in [0.1, 0.15) is 5.82 Å². The fraction of sp³-hybridized carbons (Fsp3) is 0.444. The van der Waals surface area contributed by atoms with Crippen LogP contribution in [0.25, 0.3) is 0 Å². The Morgan fingerprint density at radius 1 is 1.50 bits per heavy atom. The van der Waals surface area contributed by atoms with Gasteiger partial charge in [-0.2, -0.15) is 13.2 Å². The van der Waals surface area contributed by atoms with Crippen molar-refractivity contribution >= 4 is 21.7 Å². The third-order valence-corrected chi connectivity index (χ3v) is 2.37. The average molecular weight is 299 g/mol. The molecule has 1 aromatic rings. The van der Waals surface area contributed by atoms with Gasteiger partial charge in [0.25, 0.3) is 0 Å². The summed E-state index contributed by atoms with van der Waals surface area (Å²) in [5, 5.41) is 8.69. The molecule has 1 aromatic heterocycles. The standard InChI is InChI=1S/C9H10BrF3N2O/c1-15(2-3-16)8-7(9(11,12)13)4-6(10)5-14-8/h4-5,16H,2-3H2,1H3. The van der Waals surface area contributed by atoms with E-state index in [4.69, 9.17) is 5.11 Å². The van der Waals surface area contributed by atoms with Crippen molar-refractivity contribution < 1.29 is 18.3 Å². The maximum atomic E-state index is 12.7. The van der Waals surface area contributed by atoms with Crippen molar-refractivity contribution in [3.05, 3.63) is 22.3 Å². The summed E-state index contributed by atoms with van der Waals surface area (Å²) in [6.45, 7) is -0.136. The van der Waals surface area contributed by atoms with Crippen LogP contribution in [0.3, 0.4) is 0 Å². The number of anilines is 1. The normalized spacial score (nSPS) is 11.6. The maximum absolute atomic E-state index is 12.7. The zero-order valence-corrected chi connectivity index (χ0v) is 10.0. The van der Waals surface area contributed by atoms with Gasteiger partial charge in [-0.05, 0) is 22.0 Å². The molecule has 0 amide bonds. The van der Waals surface area contributed by atoms with E-state index in [-0.39, 0.29) is 23.4 Å². The Morgan fingerprint density at radius 2 is 2.12 bits per heavy atom. The molecular formula is C9H10BrF3N2O. The third kappa shape index (κ3) is 3.08. The van der Waals surface area contributed by atoms with E-state index in [2.05, 4.69) is 20.9 Å². The van der Waals surface area contributed by atoms with Crippen molar-refractivity contribution in [1.82, 2.24) is 4.98 Å². The number of halogens is 4. The second kappa shape index (κ2) is 5.01.